The van der Waals surface area contributed by atoms with Gasteiger partial charge in [0.1, 0.15) is 11.0 Å². The maximum atomic E-state index is 13.2. The molecule has 1 aliphatic heterocycles. The summed E-state index contributed by atoms with van der Waals surface area (Å²) in [4.78, 5) is 23.1. The van der Waals surface area contributed by atoms with Crippen LogP contribution in [0.5, 0.6) is 5.88 Å². The van der Waals surface area contributed by atoms with Gasteiger partial charge in [0.2, 0.25) is 5.88 Å². The molecular formula is C26H30F3N7O3S. The second-order valence-electron chi connectivity index (χ2n) is 9.36. The summed E-state index contributed by atoms with van der Waals surface area (Å²) in [6.07, 6.45) is 1.70. The first-order valence-corrected chi connectivity index (χ1v) is 12.6. The maximum Gasteiger partial charge on any atom is 0.416 e. The number of piperidine rings is 1. The Morgan fingerprint density at radius 1 is 1.15 bits per heavy atom. The molecule has 0 N–H and O–H groups in total. The number of ether oxygens (including phenoxy) is 2. The summed E-state index contributed by atoms with van der Waals surface area (Å²) in [5.74, 6) is 0.278. The molecule has 1 aliphatic rings. The van der Waals surface area contributed by atoms with E-state index in [0.717, 1.165) is 18.9 Å². The molecule has 214 valence electrons. The minimum Gasteiger partial charge on any atom is -0.479 e. The number of aromatic nitrogens is 6. The Balaban J connectivity index is 0.00000370. The normalized spacial score (nSPS) is 15.1. The molecule has 0 aliphatic carbocycles. The van der Waals surface area contributed by atoms with Crippen molar-refractivity contribution >= 4 is 36.2 Å². The van der Waals surface area contributed by atoms with Crippen LogP contribution in [0.25, 0.3) is 17.0 Å². The Labute approximate surface area is 235 Å². The van der Waals surface area contributed by atoms with Crippen LogP contribution in [0.2, 0.25) is 0 Å². The largest absolute Gasteiger partial charge is 0.479 e. The van der Waals surface area contributed by atoms with Gasteiger partial charge < -0.3 is 14.4 Å². The van der Waals surface area contributed by atoms with Crippen LogP contribution in [0, 0.1) is 5.92 Å². The molecule has 1 atom stereocenters. The molecule has 4 aromatic rings. The summed E-state index contributed by atoms with van der Waals surface area (Å²) in [5.41, 5.74) is 1.40. The number of carbonyl (C=O) groups excluding carboxylic acids is 1. The first-order valence-electron chi connectivity index (χ1n) is 12.6. The van der Waals surface area contributed by atoms with Crippen molar-refractivity contribution in [2.24, 2.45) is 5.92 Å². The molecule has 1 saturated heterocycles. The highest BCUT2D eigenvalue weighted by Crippen LogP contribution is 2.36. The van der Waals surface area contributed by atoms with Gasteiger partial charge in [0.25, 0.3) is 5.95 Å². The minimum absolute atomic E-state index is 0. The van der Waals surface area contributed by atoms with E-state index in [9.17, 15) is 18.0 Å². The van der Waals surface area contributed by atoms with E-state index in [2.05, 4.69) is 27.1 Å². The van der Waals surface area contributed by atoms with Gasteiger partial charge in [0.05, 0.1) is 43.3 Å². The third-order valence-electron chi connectivity index (χ3n) is 7.04. The minimum atomic E-state index is -4.37. The Morgan fingerprint density at radius 2 is 1.90 bits per heavy atom. The van der Waals surface area contributed by atoms with Crippen LogP contribution >= 0.6 is 13.5 Å². The highest BCUT2D eigenvalue weighted by atomic mass is 32.1. The molecule has 0 bridgehead atoms. The number of nitrogens with zero attached hydrogens (tertiary/aromatic N) is 7. The fourth-order valence-corrected chi connectivity index (χ4v) is 4.94. The third-order valence-corrected chi connectivity index (χ3v) is 7.04. The quantitative estimate of drug-likeness (QED) is 0.289. The molecular weight excluding hydrogens is 547 g/mol. The van der Waals surface area contributed by atoms with E-state index in [-0.39, 0.29) is 43.6 Å². The fraction of sp³-hybridized carbons (Fsp3) is 0.423. The van der Waals surface area contributed by atoms with Gasteiger partial charge in [-0.2, -0.15) is 41.8 Å². The van der Waals surface area contributed by atoms with Crippen molar-refractivity contribution in [3.8, 4) is 11.8 Å². The summed E-state index contributed by atoms with van der Waals surface area (Å²) in [6.45, 7) is 5.30. The molecule has 0 saturated carbocycles. The monoisotopic (exact) mass is 577 g/mol. The SMILES string of the molecule is CCOC(=O)c1cnn(-c2nc(OC)c3c(cnn3[C@@H](C)C3CCN(c4cccc(C(F)(F)F)c4)CC3)n2)c1.S. The predicted molar refractivity (Wildman–Crippen MR) is 146 cm³/mol. The van der Waals surface area contributed by atoms with Gasteiger partial charge >= 0.3 is 12.1 Å². The number of hydrogen-bond acceptors (Lipinski definition) is 8. The van der Waals surface area contributed by atoms with Crippen molar-refractivity contribution in [3.63, 3.8) is 0 Å². The van der Waals surface area contributed by atoms with Gasteiger partial charge in [-0.15, -0.1) is 0 Å². The van der Waals surface area contributed by atoms with Crippen molar-refractivity contribution in [2.45, 2.75) is 38.9 Å². The lowest BCUT2D eigenvalue weighted by molar-refractivity contribution is -0.137. The maximum absolute atomic E-state index is 13.2. The van der Waals surface area contributed by atoms with Crippen LogP contribution in [0.15, 0.2) is 42.9 Å². The highest BCUT2D eigenvalue weighted by Gasteiger charge is 2.32. The molecule has 1 fully saturated rings. The molecule has 1 aromatic carbocycles. The van der Waals surface area contributed by atoms with Crippen molar-refractivity contribution in [2.75, 3.05) is 31.7 Å². The highest BCUT2D eigenvalue weighted by molar-refractivity contribution is 7.59. The standard InChI is InChI=1S/C26H28F3N7O3.H2S/c1-4-39-24(37)18-13-30-35(15-18)25-32-21-14-31-36(22(21)23(33-25)38-3)16(2)17-8-10-34(11-9-17)20-7-5-6-19(12-20)26(27,28)29;/h5-7,12-17H,4,8-11H2,1-3H3;1H2/t16-;/m0./s1. The van der Waals surface area contributed by atoms with Crippen molar-refractivity contribution in [3.05, 3.63) is 54.0 Å². The number of esters is 1. The smallest absolute Gasteiger partial charge is 0.416 e. The Bertz CT molecular complexity index is 1480. The lowest BCUT2D eigenvalue weighted by Crippen LogP contribution is -2.36. The van der Waals surface area contributed by atoms with E-state index < -0.39 is 17.7 Å². The molecule has 14 heteroatoms. The average Bonchev–Trinajstić information content (AvgIpc) is 3.60. The lowest BCUT2D eigenvalue weighted by atomic mass is 9.90. The Kier molecular flexibility index (Phi) is 8.57. The summed E-state index contributed by atoms with van der Waals surface area (Å²) >= 11 is 0. The van der Waals surface area contributed by atoms with Crippen LogP contribution in [0.3, 0.4) is 0 Å². The number of hydrogen-bond donors (Lipinski definition) is 0. The van der Waals surface area contributed by atoms with Crippen LogP contribution in [0.4, 0.5) is 18.9 Å². The van der Waals surface area contributed by atoms with Gasteiger partial charge in [-0.3, -0.25) is 4.68 Å². The number of methoxy groups -OCH3 is 1. The molecule has 4 heterocycles. The predicted octanol–water partition coefficient (Wildman–Crippen LogP) is 4.81. The number of carbonyl (C=O) groups is 1. The third kappa shape index (κ3) is 5.71. The molecule has 3 aromatic heterocycles. The van der Waals surface area contributed by atoms with E-state index in [0.29, 0.717) is 35.7 Å². The molecule has 0 amide bonds. The zero-order chi connectivity index (χ0) is 27.7. The zero-order valence-corrected chi connectivity index (χ0v) is 23.2. The topological polar surface area (TPSA) is 100 Å². The molecule has 10 nitrogen and oxygen atoms in total. The number of halogens is 3. The van der Waals surface area contributed by atoms with Crippen LogP contribution in [-0.2, 0) is 10.9 Å². The Hall–Kier alpha value is -3.81. The number of alkyl halides is 3. The first kappa shape index (κ1) is 29.2. The van der Waals surface area contributed by atoms with Crippen molar-refractivity contribution < 1.29 is 27.4 Å². The number of benzene rings is 1. The van der Waals surface area contributed by atoms with Crippen LogP contribution < -0.4 is 9.64 Å². The van der Waals surface area contributed by atoms with E-state index in [1.54, 1.807) is 19.2 Å². The summed E-state index contributed by atoms with van der Waals surface area (Å²) in [5, 5.41) is 8.76. The van der Waals surface area contributed by atoms with E-state index >= 15 is 0 Å². The second kappa shape index (κ2) is 11.7. The van der Waals surface area contributed by atoms with Gasteiger partial charge in [-0.1, -0.05) is 6.07 Å². The number of anilines is 1. The van der Waals surface area contributed by atoms with Crippen LogP contribution in [0.1, 0.15) is 48.7 Å². The van der Waals surface area contributed by atoms with Gasteiger partial charge in [0, 0.05) is 25.0 Å². The van der Waals surface area contributed by atoms with Crippen LogP contribution in [-0.4, -0.2) is 62.3 Å². The summed E-state index contributed by atoms with van der Waals surface area (Å²) < 4.78 is 53.3. The van der Waals surface area contributed by atoms with Gasteiger partial charge in [0.15, 0.2) is 0 Å². The fourth-order valence-electron chi connectivity index (χ4n) is 4.94. The molecule has 5 rings (SSSR count). The van der Waals surface area contributed by atoms with Crippen molar-refractivity contribution in [1.82, 2.24) is 29.5 Å². The van der Waals surface area contributed by atoms with E-state index in [4.69, 9.17) is 9.47 Å². The number of fused-ring (bicyclic) bond motifs is 1. The number of rotatable bonds is 7. The molecule has 0 unspecified atom stereocenters. The lowest BCUT2D eigenvalue weighted by Gasteiger charge is -2.36. The second-order valence-corrected chi connectivity index (χ2v) is 9.36. The van der Waals surface area contributed by atoms with E-state index in [1.165, 1.54) is 36.3 Å². The van der Waals surface area contributed by atoms with Gasteiger partial charge in [-0.25, -0.2) is 14.5 Å². The molecule has 40 heavy (non-hydrogen) atoms. The van der Waals surface area contributed by atoms with Crippen molar-refractivity contribution in [1.29, 1.82) is 0 Å². The molecule has 0 radical (unpaired) electrons. The summed E-state index contributed by atoms with van der Waals surface area (Å²) in [7, 11) is 1.51. The van der Waals surface area contributed by atoms with E-state index in [1.807, 2.05) is 9.58 Å². The molecule has 0 spiro atoms. The average molecular weight is 578 g/mol. The van der Waals surface area contributed by atoms with Gasteiger partial charge in [-0.05, 0) is 50.8 Å². The zero-order valence-electron chi connectivity index (χ0n) is 22.2. The summed E-state index contributed by atoms with van der Waals surface area (Å²) in [6, 6.07) is 5.43. The first-order chi connectivity index (χ1) is 18.7. The Morgan fingerprint density at radius 3 is 2.58 bits per heavy atom.